The molecule has 1 aromatic rings. The molecule has 2 unspecified atom stereocenters. The van der Waals surface area contributed by atoms with Crippen LogP contribution in [0, 0.1) is 6.92 Å². The second kappa shape index (κ2) is 6.24. The van der Waals surface area contributed by atoms with Crippen LogP contribution in [0.2, 0.25) is 5.02 Å². The van der Waals surface area contributed by atoms with E-state index in [-0.39, 0.29) is 18.6 Å². The second-order valence-corrected chi connectivity index (χ2v) is 6.51. The Hall–Kier alpha value is -1.26. The van der Waals surface area contributed by atoms with E-state index >= 15 is 0 Å². The first-order valence-corrected chi connectivity index (χ1v) is 7.92. The van der Waals surface area contributed by atoms with Gasteiger partial charge in [0.2, 0.25) is 0 Å². The van der Waals surface area contributed by atoms with E-state index in [1.54, 1.807) is 12.1 Å². The number of nitrogens with one attached hydrogen (secondary N) is 2. The average Bonchev–Trinajstić information content (AvgIpc) is 2.77. The summed E-state index contributed by atoms with van der Waals surface area (Å²) in [4.78, 5) is 12.0. The first-order valence-electron chi connectivity index (χ1n) is 7.54. The van der Waals surface area contributed by atoms with Gasteiger partial charge in [-0.3, -0.25) is 4.79 Å². The summed E-state index contributed by atoms with van der Waals surface area (Å²) >= 11 is 5.90. The molecule has 0 aromatic heterocycles. The lowest BCUT2D eigenvalue weighted by atomic mass is 10.00. The molecule has 0 saturated carbocycles. The Bertz CT molecular complexity index is 523. The van der Waals surface area contributed by atoms with Gasteiger partial charge >= 0.3 is 0 Å². The lowest BCUT2D eigenvalue weighted by Crippen LogP contribution is -2.48. The molecule has 2 heterocycles. The molecule has 2 atom stereocenters. The molecule has 2 saturated heterocycles. The molecule has 1 amide bonds. The van der Waals surface area contributed by atoms with Gasteiger partial charge in [-0.25, -0.2) is 0 Å². The van der Waals surface area contributed by atoms with Crippen LogP contribution >= 0.6 is 11.6 Å². The quantitative estimate of drug-likeness (QED) is 0.898. The number of piperidine rings is 1. The molecule has 114 valence electrons. The number of fused-ring (bicyclic) bond motifs is 2. The standard InChI is InChI=1S/C16H21ClN2O2/c1-10-6-11(17)2-5-15(10)21-9-16(20)19-14-7-12-3-4-13(8-14)18-12/h2,5-6,12-14,18H,3-4,7-9H2,1H3,(H,19,20). The van der Waals surface area contributed by atoms with E-state index in [1.165, 1.54) is 12.8 Å². The Morgan fingerprint density at radius 1 is 1.38 bits per heavy atom. The number of hydrogen-bond acceptors (Lipinski definition) is 3. The molecular formula is C16H21ClN2O2. The van der Waals surface area contributed by atoms with Crippen molar-refractivity contribution in [2.45, 2.75) is 50.7 Å². The zero-order valence-electron chi connectivity index (χ0n) is 12.2. The Morgan fingerprint density at radius 3 is 2.76 bits per heavy atom. The molecule has 2 aliphatic heterocycles. The number of hydrogen-bond donors (Lipinski definition) is 2. The molecule has 3 rings (SSSR count). The number of halogens is 1. The van der Waals surface area contributed by atoms with Crippen molar-refractivity contribution in [3.05, 3.63) is 28.8 Å². The molecule has 2 bridgehead atoms. The summed E-state index contributed by atoms with van der Waals surface area (Å²) in [5, 5.41) is 7.34. The summed E-state index contributed by atoms with van der Waals surface area (Å²) in [6, 6.07) is 6.84. The monoisotopic (exact) mass is 308 g/mol. The molecule has 21 heavy (non-hydrogen) atoms. The van der Waals surface area contributed by atoms with Crippen molar-refractivity contribution in [3.8, 4) is 5.75 Å². The molecule has 2 fully saturated rings. The maximum absolute atomic E-state index is 12.0. The van der Waals surface area contributed by atoms with E-state index in [1.807, 2.05) is 13.0 Å². The zero-order valence-corrected chi connectivity index (χ0v) is 13.0. The summed E-state index contributed by atoms with van der Waals surface area (Å²) in [5.74, 6) is 0.663. The third-order valence-corrected chi connectivity index (χ3v) is 4.57. The van der Waals surface area contributed by atoms with Crippen LogP contribution in [-0.4, -0.2) is 30.6 Å². The van der Waals surface area contributed by atoms with Gasteiger partial charge in [0.15, 0.2) is 6.61 Å². The number of carbonyl (C=O) groups excluding carboxylic acids is 1. The predicted octanol–water partition coefficient (Wildman–Crippen LogP) is 2.43. The largest absolute Gasteiger partial charge is 0.484 e. The summed E-state index contributed by atoms with van der Waals surface area (Å²) in [5.41, 5.74) is 0.940. The third-order valence-electron chi connectivity index (χ3n) is 4.33. The van der Waals surface area contributed by atoms with E-state index < -0.39 is 0 Å². The minimum atomic E-state index is -0.0457. The van der Waals surface area contributed by atoms with Gasteiger partial charge in [0, 0.05) is 23.1 Å². The lowest BCUT2D eigenvalue weighted by molar-refractivity contribution is -0.124. The summed E-state index contributed by atoms with van der Waals surface area (Å²) in [6.07, 6.45) is 4.53. The van der Waals surface area contributed by atoms with Crippen molar-refractivity contribution in [2.75, 3.05) is 6.61 Å². The van der Waals surface area contributed by atoms with Crippen molar-refractivity contribution in [1.29, 1.82) is 0 Å². The number of amides is 1. The maximum atomic E-state index is 12.0. The van der Waals surface area contributed by atoms with Gasteiger partial charge in [-0.05, 0) is 56.4 Å². The van der Waals surface area contributed by atoms with Gasteiger partial charge < -0.3 is 15.4 Å². The smallest absolute Gasteiger partial charge is 0.258 e. The Morgan fingerprint density at radius 2 is 2.10 bits per heavy atom. The SMILES string of the molecule is Cc1cc(Cl)ccc1OCC(=O)NC1CC2CCC(C1)N2. The van der Waals surface area contributed by atoms with E-state index in [0.29, 0.717) is 22.9 Å². The Labute approximate surface area is 130 Å². The lowest BCUT2D eigenvalue weighted by Gasteiger charge is -2.29. The van der Waals surface area contributed by atoms with Crippen LogP contribution in [0.15, 0.2) is 18.2 Å². The van der Waals surface area contributed by atoms with Crippen LogP contribution in [0.1, 0.15) is 31.2 Å². The highest BCUT2D eigenvalue weighted by atomic mass is 35.5. The van der Waals surface area contributed by atoms with E-state index in [2.05, 4.69) is 10.6 Å². The number of carbonyl (C=O) groups is 1. The van der Waals surface area contributed by atoms with Crippen molar-refractivity contribution in [2.24, 2.45) is 0 Å². The van der Waals surface area contributed by atoms with Gasteiger partial charge in [0.05, 0.1) is 0 Å². The van der Waals surface area contributed by atoms with Crippen LogP contribution in [0.4, 0.5) is 0 Å². The average molecular weight is 309 g/mol. The van der Waals surface area contributed by atoms with Gasteiger partial charge in [0.25, 0.3) is 5.91 Å². The van der Waals surface area contributed by atoms with Gasteiger partial charge in [0.1, 0.15) is 5.75 Å². The van der Waals surface area contributed by atoms with Crippen LogP contribution < -0.4 is 15.4 Å². The normalized spacial score (nSPS) is 27.4. The number of ether oxygens (including phenoxy) is 1. The number of aryl methyl sites for hydroxylation is 1. The van der Waals surface area contributed by atoms with E-state index in [9.17, 15) is 4.79 Å². The molecule has 4 nitrogen and oxygen atoms in total. The van der Waals surface area contributed by atoms with Gasteiger partial charge in [-0.2, -0.15) is 0 Å². The van der Waals surface area contributed by atoms with E-state index in [0.717, 1.165) is 18.4 Å². The summed E-state index contributed by atoms with van der Waals surface area (Å²) in [6.45, 7) is 1.98. The molecular weight excluding hydrogens is 288 g/mol. The minimum absolute atomic E-state index is 0.0457. The molecule has 0 spiro atoms. The van der Waals surface area contributed by atoms with Crippen LogP contribution in [0.3, 0.4) is 0 Å². The van der Waals surface area contributed by atoms with Crippen molar-refractivity contribution in [3.63, 3.8) is 0 Å². The van der Waals surface area contributed by atoms with Crippen molar-refractivity contribution < 1.29 is 9.53 Å². The van der Waals surface area contributed by atoms with Gasteiger partial charge in [-0.15, -0.1) is 0 Å². The summed E-state index contributed by atoms with van der Waals surface area (Å²) < 4.78 is 5.58. The highest BCUT2D eigenvalue weighted by Gasteiger charge is 2.33. The minimum Gasteiger partial charge on any atom is -0.484 e. The Kier molecular flexibility index (Phi) is 4.36. The number of benzene rings is 1. The van der Waals surface area contributed by atoms with Crippen LogP contribution in [0.5, 0.6) is 5.75 Å². The molecule has 2 N–H and O–H groups in total. The Balaban J connectivity index is 1.48. The van der Waals surface area contributed by atoms with Gasteiger partial charge in [-0.1, -0.05) is 11.6 Å². The molecule has 5 heteroatoms. The maximum Gasteiger partial charge on any atom is 0.258 e. The topological polar surface area (TPSA) is 50.4 Å². The summed E-state index contributed by atoms with van der Waals surface area (Å²) in [7, 11) is 0. The molecule has 2 aliphatic rings. The first-order chi connectivity index (χ1) is 10.1. The van der Waals surface area contributed by atoms with Crippen molar-refractivity contribution >= 4 is 17.5 Å². The zero-order chi connectivity index (χ0) is 14.8. The van der Waals surface area contributed by atoms with Crippen molar-refractivity contribution in [1.82, 2.24) is 10.6 Å². The van der Waals surface area contributed by atoms with Crippen LogP contribution in [0.25, 0.3) is 0 Å². The van der Waals surface area contributed by atoms with E-state index in [4.69, 9.17) is 16.3 Å². The molecule has 1 aromatic carbocycles. The third kappa shape index (κ3) is 3.69. The number of rotatable bonds is 4. The predicted molar refractivity (Wildman–Crippen MR) is 82.8 cm³/mol. The fourth-order valence-corrected chi connectivity index (χ4v) is 3.59. The van der Waals surface area contributed by atoms with Crippen LogP contribution in [-0.2, 0) is 4.79 Å². The second-order valence-electron chi connectivity index (χ2n) is 6.07. The molecule has 0 radical (unpaired) electrons. The highest BCUT2D eigenvalue weighted by molar-refractivity contribution is 6.30. The fraction of sp³-hybridized carbons (Fsp3) is 0.562. The highest BCUT2D eigenvalue weighted by Crippen LogP contribution is 2.26. The molecule has 0 aliphatic carbocycles. The first kappa shape index (κ1) is 14.7. The fourth-order valence-electron chi connectivity index (χ4n) is 3.36.